The monoisotopic (exact) mass is 446 g/mol. The SMILES string of the molecule is OC(OCC1(COC(O)C(Cl)(Cl)Cl)CC2C=CC1C2)C(Cl)(Cl)Cl. The number of ether oxygens (including phenoxy) is 2. The minimum atomic E-state index is -1.95. The van der Waals surface area contributed by atoms with Crippen LogP contribution >= 0.6 is 69.6 Å². The van der Waals surface area contributed by atoms with Crippen LogP contribution in [0.1, 0.15) is 12.8 Å². The fourth-order valence-electron chi connectivity index (χ4n) is 3.11. The van der Waals surface area contributed by atoms with Crippen molar-refractivity contribution in [2.24, 2.45) is 17.3 Å². The lowest BCUT2D eigenvalue weighted by molar-refractivity contribution is -0.168. The number of aliphatic hydroxyl groups excluding tert-OH is 2. The second kappa shape index (κ2) is 7.51. The molecule has 2 N–H and O–H groups in total. The largest absolute Gasteiger partial charge is 0.365 e. The van der Waals surface area contributed by atoms with E-state index < -0.39 is 25.6 Å². The molecule has 0 aromatic rings. The fourth-order valence-corrected chi connectivity index (χ4v) is 3.48. The van der Waals surface area contributed by atoms with Gasteiger partial charge >= 0.3 is 0 Å². The fraction of sp³-hybridized carbons (Fsp3) is 0.846. The van der Waals surface area contributed by atoms with Crippen LogP contribution in [-0.4, -0.2) is 43.6 Å². The Labute approximate surface area is 164 Å². The highest BCUT2D eigenvalue weighted by atomic mass is 35.6. The van der Waals surface area contributed by atoms with Crippen LogP contribution in [0.2, 0.25) is 0 Å². The Bertz CT molecular complexity index is 423. The molecular formula is C13H16Cl6O4. The second-order valence-corrected chi connectivity index (χ2v) is 10.7. The van der Waals surface area contributed by atoms with E-state index in [9.17, 15) is 10.2 Å². The van der Waals surface area contributed by atoms with Gasteiger partial charge in [-0.25, -0.2) is 0 Å². The number of hydrogen-bond donors (Lipinski definition) is 2. The average Bonchev–Trinajstić information content (AvgIpc) is 3.01. The molecule has 1 fully saturated rings. The number of halogens is 6. The summed E-state index contributed by atoms with van der Waals surface area (Å²) in [5.41, 5.74) is -0.493. The smallest absolute Gasteiger partial charge is 0.240 e. The van der Waals surface area contributed by atoms with Gasteiger partial charge in [0.15, 0.2) is 0 Å². The molecule has 0 heterocycles. The van der Waals surface area contributed by atoms with E-state index in [1.165, 1.54) is 0 Å². The summed E-state index contributed by atoms with van der Waals surface area (Å²) in [6.07, 6.45) is 2.70. The van der Waals surface area contributed by atoms with E-state index in [1.54, 1.807) is 0 Å². The summed E-state index contributed by atoms with van der Waals surface area (Å²) < 4.78 is 6.76. The van der Waals surface area contributed by atoms with Crippen LogP contribution in [-0.2, 0) is 9.47 Å². The zero-order valence-electron chi connectivity index (χ0n) is 11.8. The van der Waals surface area contributed by atoms with E-state index >= 15 is 0 Å². The van der Waals surface area contributed by atoms with Gasteiger partial charge in [-0.2, -0.15) is 0 Å². The van der Waals surface area contributed by atoms with Gasteiger partial charge in [-0.3, -0.25) is 0 Å². The van der Waals surface area contributed by atoms with Crippen LogP contribution in [0.15, 0.2) is 12.2 Å². The first kappa shape index (κ1) is 20.6. The normalized spacial score (nSPS) is 33.2. The molecule has 10 heteroatoms. The lowest BCUT2D eigenvalue weighted by Crippen LogP contribution is -2.42. The Kier molecular flexibility index (Phi) is 6.74. The lowest BCUT2D eigenvalue weighted by Gasteiger charge is -2.37. The zero-order valence-corrected chi connectivity index (χ0v) is 16.3. The van der Waals surface area contributed by atoms with E-state index in [0.717, 1.165) is 12.8 Å². The van der Waals surface area contributed by atoms with Gasteiger partial charge < -0.3 is 19.7 Å². The highest BCUT2D eigenvalue weighted by Crippen LogP contribution is 2.53. The molecule has 4 nitrogen and oxygen atoms in total. The second-order valence-electron chi connectivity index (χ2n) is 5.96. The van der Waals surface area contributed by atoms with Gasteiger partial charge in [0.2, 0.25) is 20.2 Å². The molecule has 2 rings (SSSR count). The third kappa shape index (κ3) is 5.16. The number of rotatable bonds is 6. The third-order valence-electron chi connectivity index (χ3n) is 4.24. The van der Waals surface area contributed by atoms with Gasteiger partial charge in [0.25, 0.3) is 0 Å². The van der Waals surface area contributed by atoms with Crippen molar-refractivity contribution in [3.8, 4) is 0 Å². The van der Waals surface area contributed by atoms with Crippen molar-refractivity contribution >= 4 is 69.6 Å². The number of alkyl halides is 6. The van der Waals surface area contributed by atoms with Crippen molar-refractivity contribution in [2.45, 2.75) is 33.0 Å². The van der Waals surface area contributed by atoms with Gasteiger partial charge in [0.1, 0.15) is 0 Å². The molecule has 0 aromatic carbocycles. The van der Waals surface area contributed by atoms with Gasteiger partial charge in [-0.15, -0.1) is 0 Å². The van der Waals surface area contributed by atoms with Crippen molar-refractivity contribution in [3.63, 3.8) is 0 Å². The Morgan fingerprint density at radius 3 is 1.74 bits per heavy atom. The van der Waals surface area contributed by atoms with Crippen molar-refractivity contribution in [1.82, 2.24) is 0 Å². The lowest BCUT2D eigenvalue weighted by atomic mass is 9.77. The van der Waals surface area contributed by atoms with Crippen molar-refractivity contribution in [1.29, 1.82) is 0 Å². The van der Waals surface area contributed by atoms with Gasteiger partial charge in [-0.1, -0.05) is 81.8 Å². The molecule has 0 amide bonds. The first-order valence-electron chi connectivity index (χ1n) is 6.85. The number of fused-ring (bicyclic) bond motifs is 2. The molecule has 0 aliphatic heterocycles. The molecule has 0 spiro atoms. The summed E-state index contributed by atoms with van der Waals surface area (Å²) in [4.78, 5) is 0. The Morgan fingerprint density at radius 2 is 1.43 bits per heavy atom. The number of allylic oxidation sites excluding steroid dienone is 2. The third-order valence-corrected chi connectivity index (χ3v) is 5.36. The van der Waals surface area contributed by atoms with Crippen LogP contribution in [0.3, 0.4) is 0 Å². The van der Waals surface area contributed by atoms with Gasteiger partial charge in [-0.05, 0) is 24.7 Å². The molecule has 2 bridgehead atoms. The summed E-state index contributed by atoms with van der Waals surface area (Å²) in [7, 11) is 0. The molecule has 134 valence electrons. The molecule has 2 aliphatic carbocycles. The van der Waals surface area contributed by atoms with Crippen molar-refractivity contribution in [2.75, 3.05) is 13.2 Å². The first-order valence-corrected chi connectivity index (χ1v) is 9.12. The van der Waals surface area contributed by atoms with E-state index in [4.69, 9.17) is 79.1 Å². The van der Waals surface area contributed by atoms with Crippen LogP contribution in [0.5, 0.6) is 0 Å². The molecule has 4 atom stereocenters. The highest BCUT2D eigenvalue weighted by Gasteiger charge is 2.50. The summed E-state index contributed by atoms with van der Waals surface area (Å²) in [5, 5.41) is 19.5. The molecule has 23 heavy (non-hydrogen) atoms. The van der Waals surface area contributed by atoms with Gasteiger partial charge in [0, 0.05) is 5.41 Å². The van der Waals surface area contributed by atoms with E-state index in [-0.39, 0.29) is 19.1 Å². The maximum Gasteiger partial charge on any atom is 0.240 e. The Balaban J connectivity index is 2.02. The summed E-state index contributed by atoms with van der Waals surface area (Å²) in [6, 6.07) is 0. The molecule has 0 saturated heterocycles. The van der Waals surface area contributed by atoms with Crippen LogP contribution in [0, 0.1) is 17.3 Å². The summed E-state index contributed by atoms with van der Waals surface area (Å²) >= 11 is 33.6. The first-order chi connectivity index (χ1) is 10.4. The highest BCUT2D eigenvalue weighted by molar-refractivity contribution is 6.68. The summed E-state index contributed by atoms with van der Waals surface area (Å²) in [6.45, 7) is 0.167. The topological polar surface area (TPSA) is 58.9 Å². The molecule has 0 radical (unpaired) electrons. The predicted octanol–water partition coefficient (Wildman–Crippen LogP) is 3.98. The minimum absolute atomic E-state index is 0.0835. The molecule has 4 unspecified atom stereocenters. The quantitative estimate of drug-likeness (QED) is 0.366. The zero-order chi connectivity index (χ0) is 17.5. The summed E-state index contributed by atoms with van der Waals surface area (Å²) in [5.74, 6) is 0.527. The molecule has 0 aromatic heterocycles. The van der Waals surface area contributed by atoms with E-state index in [1.807, 2.05) is 0 Å². The van der Waals surface area contributed by atoms with E-state index in [2.05, 4.69) is 12.2 Å². The molecule has 1 saturated carbocycles. The maximum atomic E-state index is 9.75. The number of aliphatic hydroxyl groups is 2. The van der Waals surface area contributed by atoms with Crippen molar-refractivity contribution < 1.29 is 19.7 Å². The molecular weight excluding hydrogens is 433 g/mol. The standard InChI is InChI=1S/C13H16Cl6O4/c14-12(15,16)9(20)22-5-11(4-7-1-2-8(11)3-7)6-23-10(21)13(17,18)19/h1-2,7-10,20-21H,3-6H2. The molecule has 2 aliphatic rings. The average molecular weight is 449 g/mol. The van der Waals surface area contributed by atoms with Gasteiger partial charge in [0.05, 0.1) is 13.2 Å². The van der Waals surface area contributed by atoms with Crippen LogP contribution < -0.4 is 0 Å². The maximum absolute atomic E-state index is 9.75. The van der Waals surface area contributed by atoms with Crippen LogP contribution in [0.4, 0.5) is 0 Å². The Hall–Kier alpha value is 1.32. The van der Waals surface area contributed by atoms with Crippen molar-refractivity contribution in [3.05, 3.63) is 12.2 Å². The minimum Gasteiger partial charge on any atom is -0.365 e. The predicted molar refractivity (Wildman–Crippen MR) is 92.3 cm³/mol. The number of hydrogen-bond acceptors (Lipinski definition) is 4. The van der Waals surface area contributed by atoms with Crippen LogP contribution in [0.25, 0.3) is 0 Å². The van der Waals surface area contributed by atoms with E-state index in [0.29, 0.717) is 5.92 Å². The Morgan fingerprint density at radius 1 is 0.957 bits per heavy atom.